The summed E-state index contributed by atoms with van der Waals surface area (Å²) in [5, 5.41) is 11.6. The predicted molar refractivity (Wildman–Crippen MR) is 69.5 cm³/mol. The highest BCUT2D eigenvalue weighted by Crippen LogP contribution is 2.19. The van der Waals surface area contributed by atoms with Crippen LogP contribution >= 0.6 is 0 Å². The van der Waals surface area contributed by atoms with E-state index in [1.165, 1.54) is 0 Å². The molecule has 1 fully saturated rings. The summed E-state index contributed by atoms with van der Waals surface area (Å²) in [7, 11) is 0. The molecule has 1 saturated heterocycles. The third kappa shape index (κ3) is 3.89. The molecule has 0 radical (unpaired) electrons. The van der Waals surface area contributed by atoms with Crippen molar-refractivity contribution in [2.45, 2.75) is 64.5 Å². The van der Waals surface area contributed by atoms with Crippen LogP contribution in [0.4, 0.5) is 4.79 Å². The summed E-state index contributed by atoms with van der Waals surface area (Å²) >= 11 is 0. The number of amides is 2. The molecule has 5 heteroatoms. The Morgan fingerprint density at radius 3 is 2.61 bits per heavy atom. The maximum Gasteiger partial charge on any atom is 0.326 e. The van der Waals surface area contributed by atoms with Crippen molar-refractivity contribution in [1.82, 2.24) is 10.2 Å². The number of carbonyl (C=O) groups excluding carboxylic acids is 1. The lowest BCUT2D eigenvalue weighted by atomic mass is 10.1. The fourth-order valence-electron chi connectivity index (χ4n) is 2.44. The lowest BCUT2D eigenvalue weighted by Crippen LogP contribution is -2.51. The van der Waals surface area contributed by atoms with Gasteiger partial charge in [-0.2, -0.15) is 0 Å². The van der Waals surface area contributed by atoms with Gasteiger partial charge in [-0.05, 0) is 25.7 Å². The molecule has 0 spiro atoms. The number of nitrogens with one attached hydrogen (secondary N) is 1. The van der Waals surface area contributed by atoms with Gasteiger partial charge in [0.15, 0.2) is 0 Å². The van der Waals surface area contributed by atoms with Gasteiger partial charge in [-0.1, -0.05) is 26.7 Å². The predicted octanol–water partition coefficient (Wildman–Crippen LogP) is 2.21. The van der Waals surface area contributed by atoms with E-state index >= 15 is 0 Å². The summed E-state index contributed by atoms with van der Waals surface area (Å²) < 4.78 is 0. The van der Waals surface area contributed by atoms with Gasteiger partial charge in [0, 0.05) is 12.6 Å². The van der Waals surface area contributed by atoms with Crippen LogP contribution in [0.5, 0.6) is 0 Å². The number of likely N-dealkylation sites (tertiary alicyclic amines) is 1. The normalized spacial score (nSPS) is 22.1. The molecule has 1 aliphatic heterocycles. The molecule has 0 aromatic carbocycles. The van der Waals surface area contributed by atoms with Gasteiger partial charge in [0.25, 0.3) is 0 Å². The third-order valence-electron chi connectivity index (χ3n) is 3.61. The molecule has 1 heterocycles. The average molecular weight is 256 g/mol. The van der Waals surface area contributed by atoms with Gasteiger partial charge in [-0.3, -0.25) is 0 Å². The van der Waals surface area contributed by atoms with Crippen molar-refractivity contribution in [1.29, 1.82) is 0 Å². The fourth-order valence-corrected chi connectivity index (χ4v) is 2.44. The molecule has 2 atom stereocenters. The molecule has 2 amide bonds. The second kappa shape index (κ2) is 7.24. The lowest BCUT2D eigenvalue weighted by molar-refractivity contribution is -0.139. The van der Waals surface area contributed by atoms with E-state index < -0.39 is 12.0 Å². The number of rotatable bonds is 4. The number of hydrogen-bond donors (Lipinski definition) is 2. The Bertz CT molecular complexity index is 294. The zero-order valence-electron chi connectivity index (χ0n) is 11.3. The van der Waals surface area contributed by atoms with Crippen molar-refractivity contribution in [3.8, 4) is 0 Å². The molecular weight excluding hydrogens is 232 g/mol. The largest absolute Gasteiger partial charge is 0.480 e. The van der Waals surface area contributed by atoms with Crippen LogP contribution in [-0.4, -0.2) is 40.6 Å². The van der Waals surface area contributed by atoms with Crippen LogP contribution in [0.15, 0.2) is 0 Å². The molecule has 0 aliphatic carbocycles. The number of carbonyl (C=O) groups is 2. The standard InChI is InChI=1S/C13H24N2O3/c1-3-10-8-6-5-7-9-15(10)13(18)14-11(4-2)12(16)17/h10-11H,3-9H2,1-2H3,(H,14,18)(H,16,17)/t10?,11-/m1/s1. The lowest BCUT2D eigenvalue weighted by Gasteiger charge is -2.30. The van der Waals surface area contributed by atoms with E-state index in [1.807, 2.05) is 4.90 Å². The summed E-state index contributed by atoms with van der Waals surface area (Å²) in [6, 6.07) is -0.755. The molecule has 0 bridgehead atoms. The van der Waals surface area contributed by atoms with Crippen molar-refractivity contribution in [3.63, 3.8) is 0 Å². The first-order valence-corrected chi connectivity index (χ1v) is 6.90. The molecule has 1 rings (SSSR count). The Morgan fingerprint density at radius 2 is 2.06 bits per heavy atom. The summed E-state index contributed by atoms with van der Waals surface area (Å²) in [6.07, 6.45) is 5.67. The van der Waals surface area contributed by atoms with Crippen LogP contribution in [0.3, 0.4) is 0 Å². The number of aliphatic carboxylic acids is 1. The Kier molecular flexibility index (Phi) is 5.95. The minimum atomic E-state index is -0.964. The number of urea groups is 1. The van der Waals surface area contributed by atoms with Crippen LogP contribution in [-0.2, 0) is 4.79 Å². The second-order valence-electron chi connectivity index (χ2n) is 4.85. The maximum atomic E-state index is 12.1. The summed E-state index contributed by atoms with van der Waals surface area (Å²) in [4.78, 5) is 24.9. The topological polar surface area (TPSA) is 69.6 Å². The van der Waals surface area contributed by atoms with Gasteiger partial charge in [0.05, 0.1) is 0 Å². The molecular formula is C13H24N2O3. The molecule has 0 aromatic rings. The van der Waals surface area contributed by atoms with Gasteiger partial charge in [0.2, 0.25) is 0 Å². The van der Waals surface area contributed by atoms with Crippen molar-refractivity contribution >= 4 is 12.0 Å². The quantitative estimate of drug-likeness (QED) is 0.810. The van der Waals surface area contributed by atoms with Crippen molar-refractivity contribution in [2.75, 3.05) is 6.54 Å². The third-order valence-corrected chi connectivity index (χ3v) is 3.61. The Labute approximate surface area is 109 Å². The van der Waals surface area contributed by atoms with E-state index in [9.17, 15) is 9.59 Å². The van der Waals surface area contributed by atoms with E-state index in [1.54, 1.807) is 6.92 Å². The molecule has 1 unspecified atom stereocenters. The fraction of sp³-hybridized carbons (Fsp3) is 0.846. The molecule has 1 aliphatic rings. The van der Waals surface area contributed by atoms with Crippen LogP contribution in [0.1, 0.15) is 52.4 Å². The Balaban J connectivity index is 2.64. The van der Waals surface area contributed by atoms with Crippen LogP contribution < -0.4 is 5.32 Å². The van der Waals surface area contributed by atoms with Gasteiger partial charge >= 0.3 is 12.0 Å². The smallest absolute Gasteiger partial charge is 0.326 e. The van der Waals surface area contributed by atoms with Crippen LogP contribution in [0.25, 0.3) is 0 Å². The zero-order valence-corrected chi connectivity index (χ0v) is 11.3. The Morgan fingerprint density at radius 1 is 1.33 bits per heavy atom. The van der Waals surface area contributed by atoms with Crippen molar-refractivity contribution in [3.05, 3.63) is 0 Å². The maximum absolute atomic E-state index is 12.1. The monoisotopic (exact) mass is 256 g/mol. The van der Waals surface area contributed by atoms with E-state index in [4.69, 9.17) is 5.11 Å². The highest BCUT2D eigenvalue weighted by Gasteiger charge is 2.27. The molecule has 0 aromatic heterocycles. The molecule has 18 heavy (non-hydrogen) atoms. The van der Waals surface area contributed by atoms with Gasteiger partial charge < -0.3 is 15.3 Å². The van der Waals surface area contributed by atoms with Crippen molar-refractivity contribution in [2.24, 2.45) is 0 Å². The first-order chi connectivity index (χ1) is 8.60. The molecule has 2 N–H and O–H groups in total. The highest BCUT2D eigenvalue weighted by atomic mass is 16.4. The number of hydrogen-bond acceptors (Lipinski definition) is 2. The number of carboxylic acids is 1. The summed E-state index contributed by atoms with van der Waals surface area (Å²) in [5.74, 6) is -0.964. The first kappa shape index (κ1) is 14.8. The summed E-state index contributed by atoms with van der Waals surface area (Å²) in [5.41, 5.74) is 0. The molecule has 0 saturated carbocycles. The minimum Gasteiger partial charge on any atom is -0.480 e. The second-order valence-corrected chi connectivity index (χ2v) is 4.85. The van der Waals surface area contributed by atoms with Gasteiger partial charge in [-0.15, -0.1) is 0 Å². The number of carboxylic acid groups (broad SMARTS) is 1. The van der Waals surface area contributed by atoms with E-state index in [0.29, 0.717) is 6.42 Å². The van der Waals surface area contributed by atoms with Crippen LogP contribution in [0, 0.1) is 0 Å². The van der Waals surface area contributed by atoms with Crippen molar-refractivity contribution < 1.29 is 14.7 Å². The van der Waals surface area contributed by atoms with Gasteiger partial charge in [-0.25, -0.2) is 9.59 Å². The van der Waals surface area contributed by atoms with Gasteiger partial charge in [0.1, 0.15) is 6.04 Å². The molecule has 5 nitrogen and oxygen atoms in total. The number of nitrogens with zero attached hydrogens (tertiary/aromatic N) is 1. The zero-order chi connectivity index (χ0) is 13.5. The van der Waals surface area contributed by atoms with E-state index in [2.05, 4.69) is 12.2 Å². The minimum absolute atomic E-state index is 0.224. The highest BCUT2D eigenvalue weighted by molar-refractivity contribution is 5.82. The van der Waals surface area contributed by atoms with Crippen LogP contribution in [0.2, 0.25) is 0 Å². The van der Waals surface area contributed by atoms with E-state index in [0.717, 1.165) is 38.6 Å². The van der Waals surface area contributed by atoms with E-state index in [-0.39, 0.29) is 12.1 Å². The Hall–Kier alpha value is -1.26. The average Bonchev–Trinajstić information content (AvgIpc) is 2.60. The first-order valence-electron chi connectivity index (χ1n) is 6.90. The molecule has 104 valence electrons. The summed E-state index contributed by atoms with van der Waals surface area (Å²) in [6.45, 7) is 4.57. The SMILES string of the molecule is CCC1CCCCCN1C(=O)N[C@H](CC)C(=O)O.